The van der Waals surface area contributed by atoms with Gasteiger partial charge in [0, 0.05) is 23.7 Å². The van der Waals surface area contributed by atoms with E-state index in [1.165, 1.54) is 22.7 Å². The summed E-state index contributed by atoms with van der Waals surface area (Å²) in [5, 5.41) is 11.3. The van der Waals surface area contributed by atoms with Gasteiger partial charge in [-0.05, 0) is 38.1 Å². The minimum atomic E-state index is -4.07. The Hall–Kier alpha value is -3.17. The zero-order valence-corrected chi connectivity index (χ0v) is 17.5. The number of sulfonamides is 1. The molecular weight excluding hydrogens is 408 g/mol. The highest BCUT2D eigenvalue weighted by atomic mass is 32.2. The van der Waals surface area contributed by atoms with Crippen molar-refractivity contribution < 1.29 is 22.5 Å². The van der Waals surface area contributed by atoms with Crippen LogP contribution in [0.15, 0.2) is 70.2 Å². The molecule has 0 aliphatic heterocycles. The monoisotopic (exact) mass is 430 g/mol. The van der Waals surface area contributed by atoms with Gasteiger partial charge in [-0.25, -0.2) is 8.42 Å². The van der Waals surface area contributed by atoms with Crippen LogP contribution in [0.4, 0.5) is 5.69 Å². The van der Waals surface area contributed by atoms with Gasteiger partial charge in [0.15, 0.2) is 0 Å². The van der Waals surface area contributed by atoms with Crippen LogP contribution in [0.3, 0.4) is 0 Å². The Morgan fingerprint density at radius 1 is 1.10 bits per heavy atom. The molecule has 0 fully saturated rings. The number of hydrogen-bond acceptors (Lipinski definition) is 6. The first kappa shape index (κ1) is 21.5. The zero-order valence-electron chi connectivity index (χ0n) is 16.6. The molecule has 1 aromatic heterocycles. The third kappa shape index (κ3) is 4.69. The maximum Gasteiger partial charge on any atom is 0.273 e. The molecule has 0 atom stereocenters. The molecule has 0 radical (unpaired) electrons. The van der Waals surface area contributed by atoms with E-state index in [4.69, 9.17) is 9.15 Å². The molecule has 0 bridgehead atoms. The van der Waals surface area contributed by atoms with E-state index < -0.39 is 14.9 Å². The molecule has 0 aliphatic rings. The van der Waals surface area contributed by atoms with Crippen molar-refractivity contribution in [1.29, 1.82) is 0 Å². The molecule has 0 saturated heterocycles. The van der Waals surface area contributed by atoms with Gasteiger partial charge in [-0.15, -0.1) is 0 Å². The summed E-state index contributed by atoms with van der Waals surface area (Å²) in [6.45, 7) is 3.83. The fourth-order valence-corrected chi connectivity index (χ4v) is 4.42. The van der Waals surface area contributed by atoms with Crippen molar-refractivity contribution in [3.8, 4) is 5.75 Å². The van der Waals surface area contributed by atoms with Crippen LogP contribution in [0, 0.1) is 17.0 Å². The molecule has 2 aromatic carbocycles. The minimum Gasteiger partial charge on any atom is -0.494 e. The van der Waals surface area contributed by atoms with Gasteiger partial charge in [-0.3, -0.25) is 10.1 Å². The first-order valence-electron chi connectivity index (χ1n) is 9.31. The second kappa shape index (κ2) is 9.10. The Kier molecular flexibility index (Phi) is 6.53. The van der Waals surface area contributed by atoms with Crippen molar-refractivity contribution in [2.24, 2.45) is 0 Å². The van der Waals surface area contributed by atoms with Crippen LogP contribution in [-0.2, 0) is 23.1 Å². The van der Waals surface area contributed by atoms with Crippen molar-refractivity contribution >= 4 is 15.7 Å². The number of ether oxygens (including phenoxy) is 1. The molecule has 0 spiro atoms. The van der Waals surface area contributed by atoms with E-state index in [1.54, 1.807) is 37.3 Å². The summed E-state index contributed by atoms with van der Waals surface area (Å²) >= 11 is 0. The number of aryl methyl sites for hydroxylation is 1. The molecule has 3 rings (SSSR count). The Balaban J connectivity index is 2.04. The lowest BCUT2D eigenvalue weighted by Gasteiger charge is -2.22. The lowest BCUT2D eigenvalue weighted by atomic mass is 10.2. The average molecular weight is 430 g/mol. The normalized spacial score (nSPS) is 11.6. The lowest BCUT2D eigenvalue weighted by Crippen LogP contribution is -2.30. The highest BCUT2D eigenvalue weighted by Crippen LogP contribution is 2.28. The third-order valence-electron chi connectivity index (χ3n) is 4.55. The van der Waals surface area contributed by atoms with Crippen LogP contribution >= 0.6 is 0 Å². The molecule has 0 unspecified atom stereocenters. The van der Waals surface area contributed by atoms with Crippen LogP contribution in [0.25, 0.3) is 0 Å². The van der Waals surface area contributed by atoms with Crippen LogP contribution in [0.2, 0.25) is 0 Å². The van der Waals surface area contributed by atoms with Gasteiger partial charge in [0.25, 0.3) is 5.69 Å². The summed E-state index contributed by atoms with van der Waals surface area (Å²) in [4.78, 5) is 10.6. The molecule has 8 nitrogen and oxygen atoms in total. The largest absolute Gasteiger partial charge is 0.494 e. The van der Waals surface area contributed by atoms with Crippen LogP contribution in [-0.4, -0.2) is 24.3 Å². The average Bonchev–Trinajstić information content (AvgIpc) is 3.22. The van der Waals surface area contributed by atoms with Crippen LogP contribution in [0.1, 0.15) is 23.8 Å². The molecule has 0 saturated carbocycles. The number of para-hydroxylation sites is 1. The van der Waals surface area contributed by atoms with Gasteiger partial charge in [0.2, 0.25) is 10.0 Å². The van der Waals surface area contributed by atoms with Gasteiger partial charge < -0.3 is 9.15 Å². The van der Waals surface area contributed by atoms with Gasteiger partial charge in [0.05, 0.1) is 29.2 Å². The first-order chi connectivity index (χ1) is 14.3. The van der Waals surface area contributed by atoms with E-state index in [2.05, 4.69) is 0 Å². The lowest BCUT2D eigenvalue weighted by molar-refractivity contribution is -0.385. The van der Waals surface area contributed by atoms with Crippen molar-refractivity contribution in [2.75, 3.05) is 6.61 Å². The summed E-state index contributed by atoms with van der Waals surface area (Å²) in [7, 11) is -4.07. The van der Waals surface area contributed by atoms with Crippen molar-refractivity contribution in [1.82, 2.24) is 4.31 Å². The van der Waals surface area contributed by atoms with Crippen LogP contribution in [0.5, 0.6) is 5.75 Å². The topological polar surface area (TPSA) is 103 Å². The smallest absolute Gasteiger partial charge is 0.273 e. The predicted octanol–water partition coefficient (Wildman–Crippen LogP) is 4.29. The summed E-state index contributed by atoms with van der Waals surface area (Å²) in [5.74, 6) is 1.03. The molecule has 9 heteroatoms. The number of rotatable bonds is 9. The predicted molar refractivity (Wildman–Crippen MR) is 111 cm³/mol. The van der Waals surface area contributed by atoms with E-state index >= 15 is 0 Å². The second-order valence-corrected chi connectivity index (χ2v) is 8.54. The van der Waals surface area contributed by atoms with Crippen molar-refractivity contribution in [2.45, 2.75) is 31.8 Å². The number of hydrogen-bond donors (Lipinski definition) is 0. The fraction of sp³-hybridized carbons (Fsp3) is 0.238. The molecular formula is C21H22N2O6S. The number of nitro benzene ring substituents is 1. The number of furan rings is 1. The molecule has 0 N–H and O–H groups in total. The quantitative estimate of drug-likeness (QED) is 0.371. The molecule has 3 aromatic rings. The summed E-state index contributed by atoms with van der Waals surface area (Å²) in [6.07, 6.45) is 1.46. The Morgan fingerprint density at radius 2 is 1.87 bits per heavy atom. The second-order valence-electron chi connectivity index (χ2n) is 6.60. The molecule has 30 heavy (non-hydrogen) atoms. The number of benzene rings is 2. The summed E-state index contributed by atoms with van der Waals surface area (Å²) < 4.78 is 39.1. The van der Waals surface area contributed by atoms with E-state index in [0.29, 0.717) is 29.2 Å². The van der Waals surface area contributed by atoms with E-state index in [9.17, 15) is 18.5 Å². The maximum absolute atomic E-state index is 13.4. The molecule has 158 valence electrons. The SMILES string of the molecule is CCOc1ccccc1CN(Cc1ccco1)S(=O)(=O)c1ccc(C)c([N+](=O)[O-])c1. The Morgan fingerprint density at radius 3 is 2.53 bits per heavy atom. The van der Waals surface area contributed by atoms with Crippen molar-refractivity contribution in [3.05, 3.63) is 87.9 Å². The van der Waals surface area contributed by atoms with E-state index in [1.807, 2.05) is 13.0 Å². The first-order valence-corrected chi connectivity index (χ1v) is 10.7. The highest BCUT2D eigenvalue weighted by Gasteiger charge is 2.29. The van der Waals surface area contributed by atoms with Crippen LogP contribution < -0.4 is 4.74 Å². The van der Waals surface area contributed by atoms with Gasteiger partial charge in [-0.1, -0.05) is 24.3 Å². The summed E-state index contributed by atoms with van der Waals surface area (Å²) in [5.41, 5.74) is 0.818. The maximum atomic E-state index is 13.4. The van der Waals surface area contributed by atoms with Crippen molar-refractivity contribution in [3.63, 3.8) is 0 Å². The molecule has 0 amide bonds. The Labute approximate surface area is 174 Å². The zero-order chi connectivity index (χ0) is 21.7. The van der Waals surface area contributed by atoms with E-state index in [0.717, 1.165) is 6.07 Å². The highest BCUT2D eigenvalue weighted by molar-refractivity contribution is 7.89. The van der Waals surface area contributed by atoms with Gasteiger partial charge in [-0.2, -0.15) is 4.31 Å². The standard InChI is InChI=1S/C21H22N2O6S/c1-3-28-21-9-5-4-7-17(21)14-22(15-18-8-6-12-29-18)30(26,27)19-11-10-16(2)20(13-19)23(24)25/h4-13H,3,14-15H2,1-2H3. The number of nitro groups is 1. The van der Waals surface area contributed by atoms with E-state index in [-0.39, 0.29) is 23.7 Å². The fourth-order valence-electron chi connectivity index (χ4n) is 3.02. The minimum absolute atomic E-state index is 0.0148. The Bertz CT molecular complexity index is 1130. The van der Waals surface area contributed by atoms with Gasteiger partial charge >= 0.3 is 0 Å². The number of nitrogens with zero attached hydrogens (tertiary/aromatic N) is 2. The molecule has 1 heterocycles. The summed E-state index contributed by atoms with van der Waals surface area (Å²) in [6, 6.07) is 14.4. The molecule has 0 aliphatic carbocycles. The third-order valence-corrected chi connectivity index (χ3v) is 6.33. The van der Waals surface area contributed by atoms with Gasteiger partial charge in [0.1, 0.15) is 11.5 Å².